The Bertz CT molecular complexity index is 967. The smallest absolute Gasteiger partial charge is 0.275 e. The van der Waals surface area contributed by atoms with Crippen LogP contribution in [0.25, 0.3) is 0 Å². The van der Waals surface area contributed by atoms with Crippen molar-refractivity contribution in [3.05, 3.63) is 76.2 Å². The van der Waals surface area contributed by atoms with Crippen LogP contribution in [0.4, 0.5) is 26.0 Å². The van der Waals surface area contributed by atoms with Gasteiger partial charge >= 0.3 is 0 Å². The summed E-state index contributed by atoms with van der Waals surface area (Å²) in [5, 5.41) is 6.27. The molecular formula is C17H10Cl2F2N4O. The number of hydrogen-bond acceptors (Lipinski definition) is 4. The van der Waals surface area contributed by atoms with Gasteiger partial charge in [0.15, 0.2) is 11.6 Å². The molecule has 0 aliphatic heterocycles. The fraction of sp³-hybridized carbons (Fsp3) is 0. The molecule has 0 atom stereocenters. The summed E-state index contributed by atoms with van der Waals surface area (Å²) in [6.07, 6.45) is 2.56. The van der Waals surface area contributed by atoms with Crippen LogP contribution in [0.3, 0.4) is 0 Å². The second-order valence-electron chi connectivity index (χ2n) is 5.12. The molecule has 26 heavy (non-hydrogen) atoms. The predicted molar refractivity (Wildman–Crippen MR) is 96.1 cm³/mol. The fourth-order valence-corrected chi connectivity index (χ4v) is 2.35. The van der Waals surface area contributed by atoms with Crippen molar-refractivity contribution in [2.45, 2.75) is 0 Å². The molecule has 0 fully saturated rings. The summed E-state index contributed by atoms with van der Waals surface area (Å²) in [5.41, 5.74) is 0.633. The summed E-state index contributed by atoms with van der Waals surface area (Å²) >= 11 is 12.0. The molecule has 0 bridgehead atoms. The highest BCUT2D eigenvalue weighted by Crippen LogP contribution is 2.27. The van der Waals surface area contributed by atoms with Crippen molar-refractivity contribution < 1.29 is 13.6 Å². The molecule has 0 radical (unpaired) electrons. The third kappa shape index (κ3) is 4.25. The van der Waals surface area contributed by atoms with Gasteiger partial charge < -0.3 is 10.6 Å². The fourth-order valence-electron chi connectivity index (χ4n) is 2.01. The van der Waals surface area contributed by atoms with Crippen molar-refractivity contribution in [1.29, 1.82) is 0 Å². The molecule has 3 aromatic rings. The van der Waals surface area contributed by atoms with Crippen molar-refractivity contribution in [2.75, 3.05) is 10.6 Å². The molecule has 0 spiro atoms. The molecule has 1 aromatic heterocycles. The van der Waals surface area contributed by atoms with Crippen LogP contribution in [0.2, 0.25) is 10.0 Å². The van der Waals surface area contributed by atoms with Gasteiger partial charge in [-0.25, -0.2) is 18.7 Å². The van der Waals surface area contributed by atoms with Crippen molar-refractivity contribution in [1.82, 2.24) is 9.97 Å². The number of rotatable bonds is 4. The van der Waals surface area contributed by atoms with E-state index in [1.165, 1.54) is 18.5 Å². The Kier molecular flexibility index (Phi) is 5.29. The minimum absolute atomic E-state index is 0.00234. The molecule has 0 aliphatic carbocycles. The molecule has 3 rings (SSSR count). The van der Waals surface area contributed by atoms with Gasteiger partial charge in [-0.1, -0.05) is 23.2 Å². The second kappa shape index (κ2) is 7.63. The molecule has 9 heteroatoms. The van der Waals surface area contributed by atoms with E-state index < -0.39 is 17.5 Å². The molecule has 0 saturated carbocycles. The zero-order valence-electron chi connectivity index (χ0n) is 12.9. The molecule has 1 heterocycles. The standard InChI is InChI=1S/C17H10Cl2F2N4O/c18-9-1-3-11(19)14(5-9)25-16-8-22-15(7-23-16)17(26)24-10-2-4-12(20)13(21)6-10/h1-8H,(H,23,25)(H,24,26). The van der Waals surface area contributed by atoms with E-state index in [1.807, 2.05) is 0 Å². The van der Waals surface area contributed by atoms with Crippen LogP contribution in [-0.2, 0) is 0 Å². The number of carbonyl (C=O) groups is 1. The number of nitrogens with zero attached hydrogens (tertiary/aromatic N) is 2. The lowest BCUT2D eigenvalue weighted by Gasteiger charge is -2.09. The first kappa shape index (κ1) is 18.0. The van der Waals surface area contributed by atoms with Gasteiger partial charge in [0, 0.05) is 16.8 Å². The van der Waals surface area contributed by atoms with E-state index in [-0.39, 0.29) is 11.4 Å². The van der Waals surface area contributed by atoms with Gasteiger partial charge in [-0.15, -0.1) is 0 Å². The van der Waals surface area contributed by atoms with E-state index in [0.29, 0.717) is 21.6 Å². The molecule has 5 nitrogen and oxygen atoms in total. The lowest BCUT2D eigenvalue weighted by Crippen LogP contribution is -2.14. The van der Waals surface area contributed by atoms with Crippen molar-refractivity contribution in [3.63, 3.8) is 0 Å². The largest absolute Gasteiger partial charge is 0.338 e. The molecule has 0 unspecified atom stereocenters. The second-order valence-corrected chi connectivity index (χ2v) is 5.96. The van der Waals surface area contributed by atoms with E-state index in [9.17, 15) is 13.6 Å². The van der Waals surface area contributed by atoms with Crippen LogP contribution >= 0.6 is 23.2 Å². The number of amides is 1. The van der Waals surface area contributed by atoms with Crippen molar-refractivity contribution in [2.24, 2.45) is 0 Å². The monoisotopic (exact) mass is 394 g/mol. The molecular weight excluding hydrogens is 385 g/mol. The molecule has 132 valence electrons. The molecule has 1 amide bonds. The van der Waals surface area contributed by atoms with Gasteiger partial charge in [-0.2, -0.15) is 0 Å². The highest BCUT2D eigenvalue weighted by molar-refractivity contribution is 6.35. The number of benzene rings is 2. The predicted octanol–water partition coefficient (Wildman–Crippen LogP) is 5.06. The first-order valence-corrected chi connectivity index (χ1v) is 7.98. The quantitative estimate of drug-likeness (QED) is 0.648. The maximum atomic E-state index is 13.2. The third-order valence-electron chi connectivity index (χ3n) is 3.25. The lowest BCUT2D eigenvalue weighted by molar-refractivity contribution is 0.102. The third-order valence-corrected chi connectivity index (χ3v) is 3.82. The Hall–Kier alpha value is -2.77. The van der Waals surface area contributed by atoms with Gasteiger partial charge in [0.25, 0.3) is 5.91 Å². The average molecular weight is 395 g/mol. The highest BCUT2D eigenvalue weighted by atomic mass is 35.5. The number of hydrogen-bond donors (Lipinski definition) is 2. The zero-order chi connectivity index (χ0) is 18.7. The Morgan fingerprint density at radius 1 is 0.962 bits per heavy atom. The van der Waals surface area contributed by atoms with E-state index in [1.54, 1.807) is 18.2 Å². The Morgan fingerprint density at radius 3 is 2.46 bits per heavy atom. The Morgan fingerprint density at radius 2 is 1.77 bits per heavy atom. The summed E-state index contributed by atoms with van der Waals surface area (Å²) in [6.45, 7) is 0. The van der Waals surface area contributed by atoms with Crippen LogP contribution in [0.1, 0.15) is 10.5 Å². The van der Waals surface area contributed by atoms with Gasteiger partial charge in [0.05, 0.1) is 23.1 Å². The van der Waals surface area contributed by atoms with Crippen LogP contribution in [0.15, 0.2) is 48.8 Å². The summed E-state index contributed by atoms with van der Waals surface area (Å²) in [5.74, 6) is -2.33. The van der Waals surface area contributed by atoms with E-state index in [0.717, 1.165) is 12.1 Å². The topological polar surface area (TPSA) is 66.9 Å². The summed E-state index contributed by atoms with van der Waals surface area (Å²) in [6, 6.07) is 7.92. The van der Waals surface area contributed by atoms with Crippen LogP contribution in [-0.4, -0.2) is 15.9 Å². The van der Waals surface area contributed by atoms with E-state index >= 15 is 0 Å². The molecule has 2 N–H and O–H groups in total. The summed E-state index contributed by atoms with van der Waals surface area (Å²) in [4.78, 5) is 20.1. The zero-order valence-corrected chi connectivity index (χ0v) is 14.4. The van der Waals surface area contributed by atoms with Crippen LogP contribution in [0, 0.1) is 11.6 Å². The van der Waals surface area contributed by atoms with Crippen LogP contribution in [0.5, 0.6) is 0 Å². The number of halogens is 4. The SMILES string of the molecule is O=C(Nc1ccc(F)c(F)c1)c1cnc(Nc2cc(Cl)ccc2Cl)cn1. The maximum Gasteiger partial charge on any atom is 0.275 e. The van der Waals surface area contributed by atoms with Gasteiger partial charge in [0.1, 0.15) is 11.5 Å². The van der Waals surface area contributed by atoms with Crippen LogP contribution < -0.4 is 10.6 Å². The summed E-state index contributed by atoms with van der Waals surface area (Å²) < 4.78 is 26.1. The average Bonchev–Trinajstić information content (AvgIpc) is 2.62. The van der Waals surface area contributed by atoms with Gasteiger partial charge in [0.2, 0.25) is 0 Å². The maximum absolute atomic E-state index is 13.2. The Balaban J connectivity index is 1.71. The van der Waals surface area contributed by atoms with Crippen molar-refractivity contribution >= 4 is 46.3 Å². The lowest BCUT2D eigenvalue weighted by atomic mass is 10.3. The minimum Gasteiger partial charge on any atom is -0.338 e. The molecule has 0 aliphatic rings. The number of carbonyl (C=O) groups excluding carboxylic acids is 1. The van der Waals surface area contributed by atoms with E-state index in [2.05, 4.69) is 20.6 Å². The number of nitrogens with one attached hydrogen (secondary N) is 2. The normalized spacial score (nSPS) is 10.5. The highest BCUT2D eigenvalue weighted by Gasteiger charge is 2.11. The van der Waals surface area contributed by atoms with Gasteiger partial charge in [-0.05, 0) is 30.3 Å². The first-order chi connectivity index (χ1) is 12.4. The first-order valence-electron chi connectivity index (χ1n) is 7.23. The molecule has 0 saturated heterocycles. The van der Waals surface area contributed by atoms with Crippen molar-refractivity contribution in [3.8, 4) is 0 Å². The van der Waals surface area contributed by atoms with E-state index in [4.69, 9.17) is 23.2 Å². The molecule has 2 aromatic carbocycles. The Labute approximate surface area is 157 Å². The van der Waals surface area contributed by atoms with Gasteiger partial charge in [-0.3, -0.25) is 4.79 Å². The summed E-state index contributed by atoms with van der Waals surface area (Å²) in [7, 11) is 0. The number of aromatic nitrogens is 2. The number of anilines is 3. The minimum atomic E-state index is -1.06.